The summed E-state index contributed by atoms with van der Waals surface area (Å²) >= 11 is 0. The number of carbonyl (C=O) groups excluding carboxylic acids is 1. The maximum Gasteiger partial charge on any atom is 0.262 e. The molecule has 1 aliphatic heterocycles. The minimum atomic E-state index is -0.591. The lowest BCUT2D eigenvalue weighted by Gasteiger charge is -2.39. The molecule has 1 aliphatic rings. The third kappa shape index (κ3) is 3.94. The van der Waals surface area contributed by atoms with Gasteiger partial charge in [0.1, 0.15) is 17.3 Å². The van der Waals surface area contributed by atoms with E-state index in [0.29, 0.717) is 23.6 Å². The predicted octanol–water partition coefficient (Wildman–Crippen LogP) is 4.12. The molecule has 0 saturated carbocycles. The van der Waals surface area contributed by atoms with Crippen LogP contribution in [-0.2, 0) is 7.05 Å². The minimum Gasteiger partial charge on any atom is -0.315 e. The summed E-state index contributed by atoms with van der Waals surface area (Å²) in [5, 5.41) is 13.3. The Labute approximate surface area is 197 Å². The van der Waals surface area contributed by atoms with Crippen molar-refractivity contribution < 1.29 is 9.18 Å². The molecule has 1 amide bonds. The summed E-state index contributed by atoms with van der Waals surface area (Å²) in [4.78, 5) is 20.4. The molecule has 7 nitrogen and oxygen atoms in total. The zero-order valence-corrected chi connectivity index (χ0v) is 19.5. The molecule has 3 heterocycles. The number of hydrogen-bond acceptors (Lipinski definition) is 5. The van der Waals surface area contributed by atoms with Gasteiger partial charge in [-0.05, 0) is 55.0 Å². The normalized spacial score (nSPS) is 18.2. The average Bonchev–Trinajstić information content (AvgIpc) is 3.27. The van der Waals surface area contributed by atoms with E-state index in [0.717, 1.165) is 29.3 Å². The van der Waals surface area contributed by atoms with Gasteiger partial charge in [0.25, 0.3) is 5.91 Å². The second-order valence-corrected chi connectivity index (χ2v) is 8.99. The molecule has 1 fully saturated rings. The van der Waals surface area contributed by atoms with Crippen molar-refractivity contribution in [2.24, 2.45) is 13.0 Å². The number of benzene rings is 2. The Morgan fingerprint density at radius 1 is 1.24 bits per heavy atom. The van der Waals surface area contributed by atoms with Crippen molar-refractivity contribution in [3.63, 3.8) is 0 Å². The van der Waals surface area contributed by atoms with Gasteiger partial charge in [0.15, 0.2) is 0 Å². The maximum absolute atomic E-state index is 15.4. The van der Waals surface area contributed by atoms with E-state index in [-0.39, 0.29) is 17.5 Å². The van der Waals surface area contributed by atoms with Gasteiger partial charge in [0, 0.05) is 30.7 Å². The number of halogens is 1. The monoisotopic (exact) mass is 458 g/mol. The largest absolute Gasteiger partial charge is 0.315 e. The number of hydrogen-bond donors (Lipinski definition) is 1. The average molecular weight is 459 g/mol. The van der Waals surface area contributed by atoms with Crippen LogP contribution in [0.5, 0.6) is 0 Å². The van der Waals surface area contributed by atoms with Crippen molar-refractivity contribution in [2.75, 3.05) is 18.0 Å². The highest BCUT2D eigenvalue weighted by atomic mass is 19.1. The molecule has 1 saturated heterocycles. The molecule has 5 rings (SSSR count). The second kappa shape index (κ2) is 8.95. The molecule has 0 radical (unpaired) electrons. The van der Waals surface area contributed by atoms with Gasteiger partial charge in [-0.1, -0.05) is 36.4 Å². The number of carbonyl (C=O) groups is 1. The van der Waals surface area contributed by atoms with Gasteiger partial charge < -0.3 is 5.32 Å². The summed E-state index contributed by atoms with van der Waals surface area (Å²) in [6.07, 6.45) is 4.35. The molecule has 174 valence electrons. The highest BCUT2D eigenvalue weighted by Gasteiger charge is 2.35. The van der Waals surface area contributed by atoms with Crippen molar-refractivity contribution in [3.8, 4) is 11.3 Å². The molecule has 2 atom stereocenters. The molecule has 4 aromatic rings. The van der Waals surface area contributed by atoms with Crippen molar-refractivity contribution in [2.45, 2.75) is 26.3 Å². The first kappa shape index (κ1) is 22.2. The number of fused-ring (bicyclic) bond motifs is 1. The van der Waals surface area contributed by atoms with E-state index in [1.165, 1.54) is 12.1 Å². The van der Waals surface area contributed by atoms with Gasteiger partial charge >= 0.3 is 0 Å². The Kier molecular flexibility index (Phi) is 5.83. The first-order valence-corrected chi connectivity index (χ1v) is 11.5. The zero-order chi connectivity index (χ0) is 23.8. The number of aromatic nitrogens is 4. The van der Waals surface area contributed by atoms with Crippen LogP contribution in [0.1, 0.15) is 29.3 Å². The topological polar surface area (TPSA) is 75.9 Å². The molecule has 34 heavy (non-hydrogen) atoms. The molecule has 0 spiro atoms. The fourth-order valence-corrected chi connectivity index (χ4v) is 4.75. The summed E-state index contributed by atoms with van der Waals surface area (Å²) in [5.41, 5.74) is 2.15. The van der Waals surface area contributed by atoms with Crippen LogP contribution >= 0.6 is 0 Å². The van der Waals surface area contributed by atoms with Crippen molar-refractivity contribution >= 4 is 22.5 Å². The van der Waals surface area contributed by atoms with E-state index in [1.54, 1.807) is 35.1 Å². The number of rotatable bonds is 4. The molecule has 0 unspecified atom stereocenters. The summed E-state index contributed by atoms with van der Waals surface area (Å²) in [7, 11) is 1.75. The van der Waals surface area contributed by atoms with Gasteiger partial charge in [0.05, 0.1) is 17.8 Å². The molecule has 2 aromatic carbocycles. The molecular weight excluding hydrogens is 431 g/mol. The van der Waals surface area contributed by atoms with Crippen LogP contribution in [0.25, 0.3) is 22.0 Å². The zero-order valence-electron chi connectivity index (χ0n) is 19.5. The maximum atomic E-state index is 15.4. The summed E-state index contributed by atoms with van der Waals surface area (Å²) in [6.45, 7) is 5.66. The van der Waals surface area contributed by atoms with Crippen LogP contribution in [0, 0.1) is 18.7 Å². The summed E-state index contributed by atoms with van der Waals surface area (Å²) < 4.78 is 16.9. The Balaban J connectivity index is 1.63. The van der Waals surface area contributed by atoms with Gasteiger partial charge in [-0.3, -0.25) is 14.4 Å². The lowest BCUT2D eigenvalue weighted by atomic mass is 9.92. The van der Waals surface area contributed by atoms with Gasteiger partial charge in [-0.25, -0.2) is 9.37 Å². The second-order valence-electron chi connectivity index (χ2n) is 8.99. The Morgan fingerprint density at radius 2 is 2.09 bits per heavy atom. The number of nitrogens with zero attached hydrogens (tertiary/aromatic N) is 5. The number of pyridine rings is 1. The number of anilines is 1. The van der Waals surface area contributed by atoms with E-state index in [4.69, 9.17) is 0 Å². The quantitative estimate of drug-likeness (QED) is 0.498. The smallest absolute Gasteiger partial charge is 0.262 e. The van der Waals surface area contributed by atoms with Crippen LogP contribution < -0.4 is 10.2 Å². The lowest BCUT2D eigenvalue weighted by molar-refractivity contribution is 0.0958. The Hall–Kier alpha value is -3.65. The van der Waals surface area contributed by atoms with E-state index in [9.17, 15) is 4.79 Å². The molecular formula is C26H27FN6O. The van der Waals surface area contributed by atoms with Gasteiger partial charge in [-0.2, -0.15) is 0 Å². The molecule has 8 heteroatoms. The lowest BCUT2D eigenvalue weighted by Crippen LogP contribution is -2.53. The van der Waals surface area contributed by atoms with Crippen LogP contribution in [-0.4, -0.2) is 45.0 Å². The molecule has 0 aliphatic carbocycles. The standard InChI is InChI=1S/C26H27FN6O/c1-16-9-11-28-14-23(16)33(25-24-17(2)5-4-6-18(24)10-12-29-25)26(34)20-8-7-19(13-21(20)27)22-15-32(3)31-30-22/h4-8,10,12-13,15-16,23,28H,9,11,14H2,1-3H3/t16-,23-/m0/s1. The highest BCUT2D eigenvalue weighted by Crippen LogP contribution is 2.33. The summed E-state index contributed by atoms with van der Waals surface area (Å²) in [5.74, 6) is -0.190. The molecule has 0 bridgehead atoms. The van der Waals surface area contributed by atoms with E-state index in [2.05, 4.69) is 27.5 Å². The fraction of sp³-hybridized carbons (Fsp3) is 0.308. The first-order chi connectivity index (χ1) is 16.4. The van der Waals surface area contributed by atoms with Gasteiger partial charge in [-0.15, -0.1) is 5.10 Å². The van der Waals surface area contributed by atoms with E-state index < -0.39 is 11.7 Å². The Morgan fingerprint density at radius 3 is 2.82 bits per heavy atom. The van der Waals surface area contributed by atoms with Crippen LogP contribution in [0.15, 0.2) is 54.9 Å². The van der Waals surface area contributed by atoms with Crippen LogP contribution in [0.4, 0.5) is 10.2 Å². The van der Waals surface area contributed by atoms with Crippen LogP contribution in [0.2, 0.25) is 0 Å². The Bertz CT molecular complexity index is 1360. The van der Waals surface area contributed by atoms with Crippen molar-refractivity contribution in [1.29, 1.82) is 0 Å². The van der Waals surface area contributed by atoms with E-state index in [1.807, 2.05) is 31.2 Å². The third-order valence-electron chi connectivity index (χ3n) is 6.64. The van der Waals surface area contributed by atoms with Crippen molar-refractivity contribution in [3.05, 3.63) is 71.8 Å². The van der Waals surface area contributed by atoms with Gasteiger partial charge in [0.2, 0.25) is 0 Å². The highest BCUT2D eigenvalue weighted by molar-refractivity contribution is 6.11. The number of amides is 1. The first-order valence-electron chi connectivity index (χ1n) is 11.5. The number of piperidine rings is 1. The molecule has 2 aromatic heterocycles. The predicted molar refractivity (Wildman–Crippen MR) is 130 cm³/mol. The minimum absolute atomic E-state index is 0.0119. The number of nitrogens with one attached hydrogen (secondary N) is 1. The molecule has 1 N–H and O–H groups in total. The SMILES string of the molecule is Cc1cccc2ccnc(N(C(=O)c3ccc(-c4cn(C)nn4)cc3F)[C@H]3CNCC[C@@H]3C)c12. The van der Waals surface area contributed by atoms with Crippen LogP contribution in [0.3, 0.4) is 0 Å². The van der Waals surface area contributed by atoms with Crippen molar-refractivity contribution in [1.82, 2.24) is 25.3 Å². The third-order valence-corrected chi connectivity index (χ3v) is 6.64. The fourth-order valence-electron chi connectivity index (χ4n) is 4.75. The van der Waals surface area contributed by atoms with E-state index >= 15 is 4.39 Å². The number of aryl methyl sites for hydroxylation is 2. The summed E-state index contributed by atoms with van der Waals surface area (Å²) in [6, 6.07) is 12.4.